The molecule has 33 heteroatoms. The van der Waals surface area contributed by atoms with Gasteiger partial charge in [0.1, 0.15) is 22.8 Å². The van der Waals surface area contributed by atoms with Crippen molar-refractivity contribution in [3.05, 3.63) is 261 Å². The molecule has 3 aromatic heterocycles. The first-order chi connectivity index (χ1) is 60.9. The van der Waals surface area contributed by atoms with Crippen molar-refractivity contribution in [3.63, 3.8) is 0 Å². The molecule has 1 aliphatic carbocycles. The van der Waals surface area contributed by atoms with Gasteiger partial charge < -0.3 is 40.7 Å². The number of hydrogen-bond donors (Lipinski definition) is 6. The van der Waals surface area contributed by atoms with E-state index in [0.717, 1.165) is 31.2 Å². The zero-order valence-electron chi connectivity index (χ0n) is 71.9. The largest absolute Gasteiger partial charge is 0.484 e. The number of sulfonamides is 3. The number of carbonyl (C=O) groups excluding carboxylic acids is 4. The molecule has 668 valence electrons. The molecule has 30 nitrogen and oxygen atoms in total. The molecule has 5 fully saturated rings. The number of carbonyl (C=O) groups is 4. The number of benzene rings is 7. The Morgan fingerprint density at radius 3 is 1.40 bits per heavy atom. The number of piperidine rings is 1. The number of anilines is 2. The number of amides is 4. The highest BCUT2D eigenvalue weighted by Crippen LogP contribution is 2.38. The topological polar surface area (TPSA) is 346 Å². The summed E-state index contributed by atoms with van der Waals surface area (Å²) >= 11 is 0. The number of ether oxygens (including phenoxy) is 1. The van der Waals surface area contributed by atoms with Crippen molar-refractivity contribution in [2.24, 2.45) is 5.92 Å². The Hall–Kier alpha value is -11.7. The maximum absolute atomic E-state index is 14.8. The average Bonchev–Trinajstić information content (AvgIpc) is 1.49. The van der Waals surface area contributed by atoms with E-state index >= 15 is 0 Å². The first-order valence-corrected chi connectivity index (χ1v) is 48.2. The van der Waals surface area contributed by atoms with E-state index in [2.05, 4.69) is 37.3 Å². The minimum Gasteiger partial charge on any atom is -0.484 e. The molecular weight excluding hydrogens is 1660 g/mol. The summed E-state index contributed by atoms with van der Waals surface area (Å²) in [5.74, 6) is -0.244. The molecule has 15 rings (SSSR count). The summed E-state index contributed by atoms with van der Waals surface area (Å²) in [5.41, 5.74) is 5.20. The maximum Gasteiger partial charge on any atom is 0.334 e. The molecule has 0 radical (unpaired) electrons. The number of aromatic nitrogens is 6. The van der Waals surface area contributed by atoms with Gasteiger partial charge in [-0.05, 0) is 112 Å². The van der Waals surface area contributed by atoms with Gasteiger partial charge in [-0.3, -0.25) is 56.0 Å². The molecule has 4 saturated heterocycles. The van der Waals surface area contributed by atoms with Crippen LogP contribution in [0.3, 0.4) is 0 Å². The summed E-state index contributed by atoms with van der Waals surface area (Å²) in [6, 6.07) is 56.6. The number of nitrogens with one attached hydrogen (secondary N) is 6. The van der Waals surface area contributed by atoms with Crippen LogP contribution in [0.4, 0.5) is 11.4 Å². The number of nitrogens with zero attached hydrogens (tertiary/aromatic N) is 10. The summed E-state index contributed by atoms with van der Waals surface area (Å²) in [7, 11) is -11.1. The smallest absolute Gasteiger partial charge is 0.334 e. The van der Waals surface area contributed by atoms with E-state index in [1.54, 1.807) is 129 Å². The van der Waals surface area contributed by atoms with Gasteiger partial charge in [0.2, 0.25) is 30.1 Å². The van der Waals surface area contributed by atoms with E-state index in [0.29, 0.717) is 186 Å². The zero-order valence-corrected chi connectivity index (χ0v) is 74.4. The molecule has 0 bridgehead atoms. The van der Waals surface area contributed by atoms with Gasteiger partial charge in [0.15, 0.2) is 6.61 Å². The number of allylic oxidation sites excluding steroid dienone is 1. The standard InChI is InChI=1S/C37H44N6O6S.C30H39N5O4S.C26H31N5O4S/c1-27(2)39-33(44)26-49-31-15-9-11-28(23-31)24-42-35(36(45)40-21-18-38-19-22-40)34(29-12-5-3-6-13-29)43(37(42)46)30-14-10-20-41(25-30)50(47,48)32-16-7-4-8-17-32;1-2-21-40(38,39)32-25-15-9-10-16-26(25)35-27(24-13-7-4-8-14-24)28(29(36)33-19-17-31-18-20-33)34(30(35)37)22-23-11-5-3-6-12-23;1-3-16-30-24(25(32)29-17-14-27-15-18-29)23(20-10-6-5-7-11-20)31(26(30)33)22-13-9-8-12-21(22)28-36(34,35)19-4-2/h3-9,11-13,15-17,23,27,30,38H,10,14,18-22,24-26H2,1-2H3,(H,39,44);4,7-10,13-16,23,31-32H,2-3,5-6,11-12,17-22H2,1H3;3,5-13,27-28H,1,4,14-19H2,2H3. The van der Waals surface area contributed by atoms with Gasteiger partial charge in [0.25, 0.3) is 23.6 Å². The van der Waals surface area contributed by atoms with Crippen LogP contribution >= 0.6 is 0 Å². The predicted octanol–water partition coefficient (Wildman–Crippen LogP) is 10.1. The zero-order chi connectivity index (χ0) is 89.1. The first kappa shape index (κ1) is 92.0. The Morgan fingerprint density at radius 2 is 0.929 bits per heavy atom. The third kappa shape index (κ3) is 21.8. The van der Waals surface area contributed by atoms with Crippen molar-refractivity contribution in [2.45, 2.75) is 122 Å². The predicted molar refractivity (Wildman–Crippen MR) is 491 cm³/mol. The Balaban J connectivity index is 0.000000164. The highest BCUT2D eigenvalue weighted by atomic mass is 32.2. The number of rotatable bonds is 29. The monoisotopic (exact) mass is 1770 g/mol. The van der Waals surface area contributed by atoms with E-state index in [9.17, 15) is 58.8 Å². The number of hydrogen-bond acceptors (Lipinski definition) is 17. The SMILES string of the molecule is C=CCn1c(C(=O)N2CCNCC2)c(-c2ccccc2)n(-c2ccccc2NS(=O)(=O)CCC)c1=O.CC(C)NC(=O)COc1cccc(Cn2c(C(=O)N3CCNCC3)c(-c3ccccc3)n(C3CCCN(S(=O)(=O)c4ccccc4)C3)c2=O)c1.CCCS(=O)(=O)Nc1ccccc1-n1c(-c2ccccc2)c(C(=O)N2CCNCC2)n(CC2CCCCC2)c1=O. The molecule has 10 aromatic rings. The van der Waals surface area contributed by atoms with Crippen molar-refractivity contribution < 1.29 is 49.2 Å². The van der Waals surface area contributed by atoms with Crippen LogP contribution in [0.5, 0.6) is 5.75 Å². The van der Waals surface area contributed by atoms with E-state index in [-0.39, 0.29) is 95.1 Å². The van der Waals surface area contributed by atoms with Gasteiger partial charge in [0.05, 0.1) is 68.8 Å². The molecule has 6 N–H and O–H groups in total. The highest BCUT2D eigenvalue weighted by molar-refractivity contribution is 7.93. The second kappa shape index (κ2) is 42.5. The molecule has 7 aromatic carbocycles. The third-order valence-corrected chi connectivity index (χ3v) is 27.7. The minimum atomic E-state index is -3.82. The number of para-hydroxylation sites is 4. The molecule has 1 atom stereocenters. The van der Waals surface area contributed by atoms with Gasteiger partial charge in [-0.25, -0.2) is 39.6 Å². The molecule has 7 heterocycles. The van der Waals surface area contributed by atoms with Crippen LogP contribution < -0.4 is 52.5 Å². The van der Waals surface area contributed by atoms with Crippen LogP contribution in [0.25, 0.3) is 45.1 Å². The van der Waals surface area contributed by atoms with Crippen molar-refractivity contribution in [3.8, 4) is 50.9 Å². The first-order valence-electron chi connectivity index (χ1n) is 43.5. The third-order valence-electron chi connectivity index (χ3n) is 22.8. The van der Waals surface area contributed by atoms with E-state index < -0.39 is 47.5 Å². The Morgan fingerprint density at radius 1 is 0.492 bits per heavy atom. The number of piperazine rings is 3. The lowest BCUT2D eigenvalue weighted by Gasteiger charge is -2.33. The highest BCUT2D eigenvalue weighted by Gasteiger charge is 2.40. The van der Waals surface area contributed by atoms with Crippen LogP contribution in [0.15, 0.2) is 226 Å². The fourth-order valence-corrected chi connectivity index (χ4v) is 20.8. The lowest BCUT2D eigenvalue weighted by molar-refractivity contribution is -0.123. The summed E-state index contributed by atoms with van der Waals surface area (Å²) < 4.78 is 100. The molecular formula is C93H114N16O14S3. The quantitative estimate of drug-likeness (QED) is 0.0237. The fourth-order valence-electron chi connectivity index (χ4n) is 17.0. The van der Waals surface area contributed by atoms with E-state index in [4.69, 9.17) is 4.74 Å². The second-order valence-corrected chi connectivity index (χ2v) is 37.9. The van der Waals surface area contributed by atoms with Gasteiger partial charge in [-0.2, -0.15) is 4.31 Å². The maximum atomic E-state index is 14.8. The van der Waals surface area contributed by atoms with Crippen molar-refractivity contribution in [1.29, 1.82) is 0 Å². The molecule has 4 aliphatic heterocycles. The summed E-state index contributed by atoms with van der Waals surface area (Å²) in [6.07, 6.45) is 9.08. The normalized spacial score (nSPS) is 16.1. The van der Waals surface area contributed by atoms with Gasteiger partial charge in [-0.1, -0.05) is 185 Å². The second-order valence-electron chi connectivity index (χ2n) is 32.3. The Bertz CT molecular complexity index is 6010. The molecule has 1 unspecified atom stereocenters. The lowest BCUT2D eigenvalue weighted by Crippen LogP contribution is -2.47. The summed E-state index contributed by atoms with van der Waals surface area (Å²) in [6.45, 7) is 19.2. The molecule has 4 amide bonds. The van der Waals surface area contributed by atoms with Gasteiger partial charge in [-0.15, -0.1) is 6.58 Å². The van der Waals surface area contributed by atoms with Crippen molar-refractivity contribution in [1.82, 2.24) is 67.7 Å². The van der Waals surface area contributed by atoms with E-state index in [1.807, 2.05) is 123 Å². The fraction of sp³-hybridized carbons (Fsp3) is 0.387. The van der Waals surface area contributed by atoms with Crippen LogP contribution in [-0.2, 0) is 54.5 Å². The summed E-state index contributed by atoms with van der Waals surface area (Å²) in [5, 5.41) is 12.6. The van der Waals surface area contributed by atoms with Gasteiger partial charge >= 0.3 is 17.1 Å². The van der Waals surface area contributed by atoms with Crippen molar-refractivity contribution in [2.75, 3.05) is 119 Å². The minimum absolute atomic E-state index is 0.0199. The van der Waals surface area contributed by atoms with Crippen LogP contribution in [0.1, 0.15) is 129 Å². The molecule has 0 spiro atoms. The van der Waals surface area contributed by atoms with Crippen LogP contribution in [0, 0.1) is 5.92 Å². The van der Waals surface area contributed by atoms with Gasteiger partial charge in [0, 0.05) is 127 Å². The number of imidazole rings is 3. The molecule has 5 aliphatic rings. The lowest BCUT2D eigenvalue weighted by atomic mass is 9.89. The Kier molecular flexibility index (Phi) is 31.0. The summed E-state index contributed by atoms with van der Waals surface area (Å²) in [4.78, 5) is 104. The average molecular weight is 1780 g/mol. The molecule has 126 heavy (non-hydrogen) atoms. The van der Waals surface area contributed by atoms with E-state index in [1.165, 1.54) is 29.0 Å². The van der Waals surface area contributed by atoms with Crippen LogP contribution in [0.2, 0.25) is 0 Å². The van der Waals surface area contributed by atoms with Crippen molar-refractivity contribution >= 4 is 65.1 Å². The Labute approximate surface area is 736 Å². The molecule has 1 saturated carbocycles. The van der Waals surface area contributed by atoms with Crippen LogP contribution in [-0.4, -0.2) is 211 Å².